The van der Waals surface area contributed by atoms with Gasteiger partial charge >= 0.3 is 0 Å². The average molecular weight is 446 g/mol. The van der Waals surface area contributed by atoms with E-state index >= 15 is 0 Å². The van der Waals surface area contributed by atoms with Gasteiger partial charge in [0.05, 0.1) is 18.0 Å². The molecule has 2 aromatic carbocycles. The fourth-order valence-electron chi connectivity index (χ4n) is 4.02. The number of anilines is 1. The van der Waals surface area contributed by atoms with Crippen molar-refractivity contribution in [3.05, 3.63) is 59.9 Å². The van der Waals surface area contributed by atoms with Gasteiger partial charge in [0.25, 0.3) is 0 Å². The third-order valence-electron chi connectivity index (χ3n) is 5.58. The molecule has 0 spiro atoms. The van der Waals surface area contributed by atoms with Crippen molar-refractivity contribution in [2.45, 2.75) is 18.9 Å². The second kappa shape index (κ2) is 8.36. The first-order chi connectivity index (χ1) is 15.6. The molecule has 4 aromatic rings. The first-order valence-corrected chi connectivity index (χ1v) is 10.7. The quantitative estimate of drug-likeness (QED) is 0.456. The van der Waals surface area contributed by atoms with E-state index in [9.17, 15) is 5.26 Å². The molecule has 2 aromatic heterocycles. The molecule has 5 rings (SSSR count). The minimum absolute atomic E-state index is 0.0430. The van der Waals surface area contributed by atoms with E-state index in [1.165, 1.54) is 6.33 Å². The van der Waals surface area contributed by atoms with Crippen LogP contribution in [0.1, 0.15) is 18.9 Å². The van der Waals surface area contributed by atoms with Crippen LogP contribution in [0.15, 0.2) is 54.9 Å². The summed E-state index contributed by atoms with van der Waals surface area (Å²) in [5.74, 6) is 1.78. The number of benzene rings is 2. The van der Waals surface area contributed by atoms with Crippen LogP contribution in [0, 0.1) is 11.5 Å². The summed E-state index contributed by atoms with van der Waals surface area (Å²) in [6, 6.07) is 14.9. The zero-order valence-corrected chi connectivity index (χ0v) is 17.9. The van der Waals surface area contributed by atoms with E-state index in [0.29, 0.717) is 45.6 Å². The Morgan fingerprint density at radius 2 is 1.78 bits per heavy atom. The number of nitrogen functional groups attached to an aromatic ring is 1. The van der Waals surface area contributed by atoms with E-state index in [1.54, 1.807) is 17.0 Å². The number of nitriles is 1. The summed E-state index contributed by atoms with van der Waals surface area (Å²) in [4.78, 5) is 10.4. The SMILES string of the molecule is N#CN1CCCC(n2nc(-c3ccc(Oc4ccc(Cl)cc4)cc3)c3c(N)ncnc32)C1. The Balaban J connectivity index is 1.50. The Labute approximate surface area is 189 Å². The predicted octanol–water partition coefficient (Wildman–Crippen LogP) is 4.64. The summed E-state index contributed by atoms with van der Waals surface area (Å²) in [5, 5.41) is 15.6. The van der Waals surface area contributed by atoms with Crippen molar-refractivity contribution in [1.29, 1.82) is 5.26 Å². The first-order valence-electron chi connectivity index (χ1n) is 10.3. The fraction of sp³-hybridized carbons (Fsp3) is 0.217. The van der Waals surface area contributed by atoms with Crippen molar-refractivity contribution < 1.29 is 4.74 Å². The van der Waals surface area contributed by atoms with Crippen LogP contribution in [0.25, 0.3) is 22.3 Å². The second-order valence-electron chi connectivity index (χ2n) is 7.67. The Morgan fingerprint density at radius 3 is 2.50 bits per heavy atom. The number of fused-ring (bicyclic) bond motifs is 1. The maximum absolute atomic E-state index is 9.32. The maximum Gasteiger partial charge on any atom is 0.179 e. The van der Waals surface area contributed by atoms with Crippen LogP contribution in [0.4, 0.5) is 5.82 Å². The monoisotopic (exact) mass is 445 g/mol. The van der Waals surface area contributed by atoms with Crippen LogP contribution in [0.2, 0.25) is 5.02 Å². The molecule has 1 unspecified atom stereocenters. The molecule has 8 nitrogen and oxygen atoms in total. The number of aromatic nitrogens is 4. The highest BCUT2D eigenvalue weighted by molar-refractivity contribution is 6.30. The van der Waals surface area contributed by atoms with Gasteiger partial charge in [0.2, 0.25) is 0 Å². The van der Waals surface area contributed by atoms with Crippen molar-refractivity contribution >= 4 is 28.5 Å². The number of piperidine rings is 1. The Kier molecular flexibility index (Phi) is 5.25. The van der Waals surface area contributed by atoms with E-state index in [1.807, 2.05) is 41.1 Å². The van der Waals surface area contributed by atoms with Crippen LogP contribution < -0.4 is 10.5 Å². The van der Waals surface area contributed by atoms with Gasteiger partial charge in [-0.2, -0.15) is 10.4 Å². The number of hydrogen-bond donors (Lipinski definition) is 1. The lowest BCUT2D eigenvalue weighted by molar-refractivity contribution is 0.236. The van der Waals surface area contributed by atoms with Gasteiger partial charge in [-0.3, -0.25) is 0 Å². The number of halogens is 1. The van der Waals surface area contributed by atoms with Crippen molar-refractivity contribution in [2.75, 3.05) is 18.8 Å². The molecule has 32 heavy (non-hydrogen) atoms. The van der Waals surface area contributed by atoms with E-state index in [0.717, 1.165) is 24.9 Å². The molecule has 9 heteroatoms. The third kappa shape index (κ3) is 3.79. The van der Waals surface area contributed by atoms with Gasteiger partial charge in [-0.1, -0.05) is 11.6 Å². The molecular formula is C23H20ClN7O. The Hall–Kier alpha value is -3.83. The van der Waals surface area contributed by atoms with Crippen LogP contribution >= 0.6 is 11.6 Å². The van der Waals surface area contributed by atoms with Crippen molar-refractivity contribution in [1.82, 2.24) is 24.6 Å². The van der Waals surface area contributed by atoms with E-state index in [4.69, 9.17) is 27.2 Å². The number of nitrogens with two attached hydrogens (primary N) is 1. The van der Waals surface area contributed by atoms with Gasteiger partial charge in [0, 0.05) is 17.1 Å². The van der Waals surface area contributed by atoms with Crippen molar-refractivity contribution in [3.63, 3.8) is 0 Å². The van der Waals surface area contributed by atoms with Crippen LogP contribution in [0.3, 0.4) is 0 Å². The number of likely N-dealkylation sites (tertiary alicyclic amines) is 1. The Morgan fingerprint density at radius 1 is 1.06 bits per heavy atom. The largest absolute Gasteiger partial charge is 0.457 e. The highest BCUT2D eigenvalue weighted by atomic mass is 35.5. The molecule has 3 heterocycles. The first kappa shape index (κ1) is 20.1. The smallest absolute Gasteiger partial charge is 0.179 e. The topological polar surface area (TPSA) is 106 Å². The molecule has 160 valence electrons. The van der Waals surface area contributed by atoms with Crippen molar-refractivity contribution in [2.24, 2.45) is 0 Å². The van der Waals surface area contributed by atoms with Gasteiger partial charge in [0.1, 0.15) is 29.3 Å². The lowest BCUT2D eigenvalue weighted by Crippen LogP contribution is -2.33. The summed E-state index contributed by atoms with van der Waals surface area (Å²) in [7, 11) is 0. The lowest BCUT2D eigenvalue weighted by atomic mass is 10.1. The number of hydrogen-bond acceptors (Lipinski definition) is 7. The highest BCUT2D eigenvalue weighted by Gasteiger charge is 2.26. The molecule has 0 bridgehead atoms. The summed E-state index contributed by atoms with van der Waals surface area (Å²) in [6.07, 6.45) is 5.54. The third-order valence-corrected chi connectivity index (χ3v) is 5.83. The summed E-state index contributed by atoms with van der Waals surface area (Å²) in [6.45, 7) is 1.37. The number of ether oxygens (including phenoxy) is 1. The minimum Gasteiger partial charge on any atom is -0.457 e. The average Bonchev–Trinajstić information content (AvgIpc) is 3.22. The molecule has 1 fully saturated rings. The van der Waals surface area contributed by atoms with Gasteiger partial charge < -0.3 is 15.4 Å². The van der Waals surface area contributed by atoms with Crippen LogP contribution in [0.5, 0.6) is 11.5 Å². The van der Waals surface area contributed by atoms with Gasteiger partial charge in [-0.05, 0) is 61.4 Å². The molecule has 1 saturated heterocycles. The fourth-order valence-corrected chi connectivity index (χ4v) is 4.14. The molecular weight excluding hydrogens is 426 g/mol. The van der Waals surface area contributed by atoms with Gasteiger partial charge in [0.15, 0.2) is 11.8 Å². The number of nitrogens with zero attached hydrogens (tertiary/aromatic N) is 6. The standard InChI is InChI=1S/C23H20ClN7O/c24-16-5-9-19(10-6-16)32-18-7-3-15(4-8-18)21-20-22(26)27-14-28-23(20)31(29-21)17-2-1-11-30(12-17)13-25/h3-10,14,17H,1-2,11-12H2,(H2,26,27,28). The van der Waals surface area contributed by atoms with Gasteiger partial charge in [-0.15, -0.1) is 0 Å². The van der Waals surface area contributed by atoms with Crippen LogP contribution in [-0.4, -0.2) is 37.7 Å². The summed E-state index contributed by atoms with van der Waals surface area (Å²) < 4.78 is 7.78. The molecule has 1 aliphatic heterocycles. The molecule has 0 aliphatic carbocycles. The molecule has 0 amide bonds. The van der Waals surface area contributed by atoms with E-state index < -0.39 is 0 Å². The summed E-state index contributed by atoms with van der Waals surface area (Å²) in [5.41, 5.74) is 8.51. The highest BCUT2D eigenvalue weighted by Crippen LogP contribution is 2.34. The molecule has 0 saturated carbocycles. The zero-order chi connectivity index (χ0) is 22.1. The van der Waals surface area contributed by atoms with E-state index in [2.05, 4.69) is 16.2 Å². The van der Waals surface area contributed by atoms with Gasteiger partial charge in [-0.25, -0.2) is 14.6 Å². The summed E-state index contributed by atoms with van der Waals surface area (Å²) >= 11 is 5.93. The van der Waals surface area contributed by atoms with Crippen molar-refractivity contribution in [3.8, 4) is 28.9 Å². The van der Waals surface area contributed by atoms with E-state index in [-0.39, 0.29) is 6.04 Å². The predicted molar refractivity (Wildman–Crippen MR) is 122 cm³/mol. The maximum atomic E-state index is 9.32. The molecule has 1 aliphatic rings. The lowest BCUT2D eigenvalue weighted by Gasteiger charge is -2.28. The number of rotatable bonds is 4. The molecule has 0 radical (unpaired) electrons. The molecule has 2 N–H and O–H groups in total. The minimum atomic E-state index is 0.0430. The van der Waals surface area contributed by atoms with Crippen LogP contribution in [-0.2, 0) is 0 Å². The zero-order valence-electron chi connectivity index (χ0n) is 17.1. The normalized spacial score (nSPS) is 16.1. The second-order valence-corrected chi connectivity index (χ2v) is 8.11. The molecule has 1 atom stereocenters. The Bertz CT molecular complexity index is 1300.